The lowest BCUT2D eigenvalue weighted by Gasteiger charge is -2.00. The van der Waals surface area contributed by atoms with Crippen LogP contribution in [-0.2, 0) is 4.79 Å². The number of halogens is 1. The Kier molecular flexibility index (Phi) is 4.45. The van der Waals surface area contributed by atoms with Crippen molar-refractivity contribution in [2.75, 3.05) is 0 Å². The van der Waals surface area contributed by atoms with E-state index < -0.39 is 12.0 Å². The second kappa shape index (κ2) is 5.63. The van der Waals surface area contributed by atoms with Gasteiger partial charge in [-0.15, -0.1) is 0 Å². The number of carbonyl (C=O) groups is 1. The molecule has 0 spiro atoms. The number of hydrogen-bond donors (Lipinski definition) is 2. The average Bonchev–Trinajstić information content (AvgIpc) is 2.20. The Morgan fingerprint density at radius 2 is 2.13 bits per heavy atom. The molecule has 0 aromatic heterocycles. The Balaban J connectivity index is 2.51. The minimum Gasteiger partial charge on any atom is -0.383 e. The SMILES string of the molecule is C[C@H](O)C(=O)N/N=C\c1ccc(Br)cc1. The molecule has 1 aromatic carbocycles. The summed E-state index contributed by atoms with van der Waals surface area (Å²) in [6.45, 7) is 1.38. The van der Waals surface area contributed by atoms with Crippen LogP contribution in [0, 0.1) is 0 Å². The van der Waals surface area contributed by atoms with Crippen molar-refractivity contribution in [1.29, 1.82) is 0 Å². The summed E-state index contributed by atoms with van der Waals surface area (Å²) in [4.78, 5) is 10.9. The molecular weight excluding hydrogens is 260 g/mol. The summed E-state index contributed by atoms with van der Waals surface area (Å²) in [5.74, 6) is -0.525. The number of hydrazone groups is 1. The van der Waals surface area contributed by atoms with Crippen molar-refractivity contribution in [2.24, 2.45) is 5.10 Å². The van der Waals surface area contributed by atoms with Crippen LogP contribution in [0.25, 0.3) is 0 Å². The minimum absolute atomic E-state index is 0.525. The molecular formula is C10H11BrN2O2. The lowest BCUT2D eigenvalue weighted by Crippen LogP contribution is -2.28. The summed E-state index contributed by atoms with van der Waals surface area (Å²) in [5.41, 5.74) is 3.08. The van der Waals surface area contributed by atoms with Gasteiger partial charge in [0, 0.05) is 4.47 Å². The van der Waals surface area contributed by atoms with Gasteiger partial charge < -0.3 is 5.11 Å². The summed E-state index contributed by atoms with van der Waals surface area (Å²) in [6, 6.07) is 7.44. The average molecular weight is 271 g/mol. The highest BCUT2D eigenvalue weighted by Crippen LogP contribution is 2.08. The fourth-order valence-corrected chi connectivity index (χ4v) is 1.08. The molecule has 0 saturated heterocycles. The first kappa shape index (κ1) is 11.9. The molecule has 1 rings (SSSR count). The van der Waals surface area contributed by atoms with Gasteiger partial charge in [-0.2, -0.15) is 5.10 Å². The number of rotatable bonds is 3. The lowest BCUT2D eigenvalue weighted by molar-refractivity contribution is -0.128. The van der Waals surface area contributed by atoms with Gasteiger partial charge in [-0.1, -0.05) is 28.1 Å². The van der Waals surface area contributed by atoms with Gasteiger partial charge in [-0.05, 0) is 24.6 Å². The zero-order chi connectivity index (χ0) is 11.3. The topological polar surface area (TPSA) is 61.7 Å². The molecule has 1 amide bonds. The van der Waals surface area contributed by atoms with E-state index in [0.29, 0.717) is 0 Å². The van der Waals surface area contributed by atoms with Crippen molar-refractivity contribution in [3.05, 3.63) is 34.3 Å². The van der Waals surface area contributed by atoms with Gasteiger partial charge in [0.05, 0.1) is 6.21 Å². The third kappa shape index (κ3) is 4.22. The largest absolute Gasteiger partial charge is 0.383 e. The normalized spacial score (nSPS) is 12.7. The van der Waals surface area contributed by atoms with Crippen molar-refractivity contribution in [3.8, 4) is 0 Å². The van der Waals surface area contributed by atoms with E-state index in [1.165, 1.54) is 13.1 Å². The smallest absolute Gasteiger partial charge is 0.268 e. The van der Waals surface area contributed by atoms with Gasteiger partial charge in [-0.3, -0.25) is 4.79 Å². The molecule has 0 bridgehead atoms. The van der Waals surface area contributed by atoms with Crippen LogP contribution in [0.15, 0.2) is 33.8 Å². The summed E-state index contributed by atoms with van der Waals surface area (Å²) >= 11 is 3.31. The molecule has 80 valence electrons. The number of benzene rings is 1. The van der Waals surface area contributed by atoms with E-state index in [1.54, 1.807) is 0 Å². The molecule has 0 unspecified atom stereocenters. The van der Waals surface area contributed by atoms with Gasteiger partial charge in [0.15, 0.2) is 0 Å². The summed E-state index contributed by atoms with van der Waals surface area (Å²) in [6.07, 6.45) is 0.458. The van der Waals surface area contributed by atoms with Crippen LogP contribution >= 0.6 is 15.9 Å². The molecule has 0 aliphatic carbocycles. The van der Waals surface area contributed by atoms with Crippen LogP contribution in [0.2, 0.25) is 0 Å². The van der Waals surface area contributed by atoms with Gasteiger partial charge in [0.25, 0.3) is 5.91 Å². The van der Waals surface area contributed by atoms with E-state index in [4.69, 9.17) is 5.11 Å². The number of nitrogens with one attached hydrogen (secondary N) is 1. The van der Waals surface area contributed by atoms with E-state index in [1.807, 2.05) is 24.3 Å². The maximum Gasteiger partial charge on any atom is 0.268 e. The van der Waals surface area contributed by atoms with Crippen molar-refractivity contribution in [1.82, 2.24) is 5.43 Å². The highest BCUT2D eigenvalue weighted by molar-refractivity contribution is 9.10. The van der Waals surface area contributed by atoms with Crippen LogP contribution in [0.1, 0.15) is 12.5 Å². The molecule has 15 heavy (non-hydrogen) atoms. The maximum absolute atomic E-state index is 10.9. The van der Waals surface area contributed by atoms with E-state index >= 15 is 0 Å². The molecule has 0 aliphatic rings. The first-order chi connectivity index (χ1) is 7.09. The number of nitrogens with zero attached hydrogens (tertiary/aromatic N) is 1. The van der Waals surface area contributed by atoms with E-state index in [9.17, 15) is 4.79 Å². The monoisotopic (exact) mass is 270 g/mol. The molecule has 5 heteroatoms. The second-order valence-electron chi connectivity index (χ2n) is 2.96. The first-order valence-corrected chi connectivity index (χ1v) is 5.15. The van der Waals surface area contributed by atoms with Crippen molar-refractivity contribution in [3.63, 3.8) is 0 Å². The predicted octanol–water partition coefficient (Wildman–Crippen LogP) is 1.28. The van der Waals surface area contributed by atoms with E-state index in [0.717, 1.165) is 10.0 Å². The van der Waals surface area contributed by atoms with Crippen molar-refractivity contribution < 1.29 is 9.90 Å². The molecule has 2 N–H and O–H groups in total. The van der Waals surface area contributed by atoms with Crippen LogP contribution in [0.3, 0.4) is 0 Å². The predicted molar refractivity (Wildman–Crippen MR) is 61.6 cm³/mol. The quantitative estimate of drug-likeness (QED) is 0.642. The molecule has 4 nitrogen and oxygen atoms in total. The Labute approximate surface area is 96.1 Å². The molecule has 0 heterocycles. The summed E-state index contributed by atoms with van der Waals surface area (Å²) in [5, 5.41) is 12.6. The Morgan fingerprint density at radius 3 is 2.67 bits per heavy atom. The highest BCUT2D eigenvalue weighted by Gasteiger charge is 2.05. The van der Waals surface area contributed by atoms with Crippen LogP contribution in [0.4, 0.5) is 0 Å². The first-order valence-electron chi connectivity index (χ1n) is 4.36. The van der Waals surface area contributed by atoms with Gasteiger partial charge in [0.2, 0.25) is 0 Å². The summed E-state index contributed by atoms with van der Waals surface area (Å²) < 4.78 is 0.979. The van der Waals surface area contributed by atoms with Crippen LogP contribution < -0.4 is 5.43 Å². The standard InChI is InChI=1S/C10H11BrN2O2/c1-7(14)10(15)13-12-6-8-2-4-9(11)5-3-8/h2-7,14H,1H3,(H,13,15)/b12-6-/t7-/m0/s1. The van der Waals surface area contributed by atoms with Crippen LogP contribution in [-0.4, -0.2) is 23.3 Å². The molecule has 0 radical (unpaired) electrons. The molecule has 0 aliphatic heterocycles. The van der Waals surface area contributed by atoms with Gasteiger partial charge in [0.1, 0.15) is 6.10 Å². The Morgan fingerprint density at radius 1 is 1.53 bits per heavy atom. The summed E-state index contributed by atoms with van der Waals surface area (Å²) in [7, 11) is 0. The fraction of sp³-hybridized carbons (Fsp3) is 0.200. The number of carbonyl (C=O) groups excluding carboxylic acids is 1. The number of amides is 1. The third-order valence-corrected chi connectivity index (χ3v) is 2.17. The fourth-order valence-electron chi connectivity index (χ4n) is 0.813. The van der Waals surface area contributed by atoms with E-state index in [2.05, 4.69) is 26.5 Å². The maximum atomic E-state index is 10.9. The van der Waals surface area contributed by atoms with Crippen LogP contribution in [0.5, 0.6) is 0 Å². The lowest BCUT2D eigenvalue weighted by atomic mass is 10.2. The molecule has 1 atom stereocenters. The second-order valence-corrected chi connectivity index (χ2v) is 3.88. The Bertz CT molecular complexity index is 360. The third-order valence-electron chi connectivity index (χ3n) is 1.64. The molecule has 0 fully saturated rings. The van der Waals surface area contributed by atoms with E-state index in [-0.39, 0.29) is 0 Å². The number of aliphatic hydroxyl groups is 1. The van der Waals surface area contributed by atoms with Crippen molar-refractivity contribution in [2.45, 2.75) is 13.0 Å². The zero-order valence-corrected chi connectivity index (χ0v) is 9.73. The minimum atomic E-state index is -1.05. The van der Waals surface area contributed by atoms with Gasteiger partial charge in [-0.25, -0.2) is 5.43 Å². The van der Waals surface area contributed by atoms with Gasteiger partial charge >= 0.3 is 0 Å². The number of hydrogen-bond acceptors (Lipinski definition) is 3. The number of aliphatic hydroxyl groups excluding tert-OH is 1. The molecule has 0 saturated carbocycles. The zero-order valence-electron chi connectivity index (χ0n) is 8.14. The Hall–Kier alpha value is -1.20. The highest BCUT2D eigenvalue weighted by atomic mass is 79.9. The molecule has 1 aromatic rings. The van der Waals surface area contributed by atoms with Crippen molar-refractivity contribution >= 4 is 28.1 Å².